The van der Waals surface area contributed by atoms with Gasteiger partial charge in [-0.3, -0.25) is 0 Å². The minimum Gasteiger partial charge on any atom is -0.388 e. The number of alkyl halides is 1. The summed E-state index contributed by atoms with van der Waals surface area (Å²) in [5, 5.41) is 8.86. The van der Waals surface area contributed by atoms with Crippen LogP contribution >= 0.6 is 0 Å². The molecule has 2 rings (SSSR count). The molecule has 2 N–H and O–H groups in total. The molecule has 2 aromatic rings. The maximum Gasteiger partial charge on any atom is 0.132 e. The van der Waals surface area contributed by atoms with Crippen molar-refractivity contribution < 1.29 is 9.50 Å². The second kappa shape index (κ2) is 4.23. The van der Waals surface area contributed by atoms with E-state index in [0.717, 1.165) is 11.3 Å². The van der Waals surface area contributed by atoms with E-state index in [4.69, 9.17) is 5.11 Å². The highest BCUT2D eigenvalue weighted by Crippen LogP contribution is 2.22. The number of nitrogens with zero attached hydrogens (tertiary/aromatic N) is 1. The SMILES string of the molecule is OCc1ncc(-c2ccccc2CF)[nH]1. The summed E-state index contributed by atoms with van der Waals surface area (Å²) in [6, 6.07) is 7.19. The van der Waals surface area contributed by atoms with Gasteiger partial charge in [0.05, 0.1) is 11.9 Å². The average molecular weight is 206 g/mol. The lowest BCUT2D eigenvalue weighted by Crippen LogP contribution is -1.88. The number of aliphatic hydroxyl groups is 1. The van der Waals surface area contributed by atoms with Crippen LogP contribution in [0, 0.1) is 0 Å². The summed E-state index contributed by atoms with van der Waals surface area (Å²) in [5.74, 6) is 0.485. The van der Waals surface area contributed by atoms with Crippen molar-refractivity contribution >= 4 is 0 Å². The van der Waals surface area contributed by atoms with E-state index >= 15 is 0 Å². The third kappa shape index (κ3) is 1.89. The van der Waals surface area contributed by atoms with Crippen LogP contribution in [0.25, 0.3) is 11.3 Å². The molecule has 1 aromatic carbocycles. The van der Waals surface area contributed by atoms with Gasteiger partial charge in [0, 0.05) is 5.56 Å². The highest BCUT2D eigenvalue weighted by Gasteiger charge is 2.06. The Morgan fingerprint density at radius 1 is 1.33 bits per heavy atom. The van der Waals surface area contributed by atoms with Crippen LogP contribution in [0.3, 0.4) is 0 Å². The topological polar surface area (TPSA) is 48.9 Å². The van der Waals surface area contributed by atoms with Crippen molar-refractivity contribution in [1.29, 1.82) is 0 Å². The van der Waals surface area contributed by atoms with E-state index < -0.39 is 6.67 Å². The van der Waals surface area contributed by atoms with Gasteiger partial charge in [-0.1, -0.05) is 24.3 Å². The lowest BCUT2D eigenvalue weighted by Gasteiger charge is -2.02. The van der Waals surface area contributed by atoms with Crippen LogP contribution in [-0.2, 0) is 13.3 Å². The predicted octanol–water partition coefficient (Wildman–Crippen LogP) is 2.04. The van der Waals surface area contributed by atoms with Crippen molar-refractivity contribution in [2.24, 2.45) is 0 Å². The van der Waals surface area contributed by atoms with Crippen LogP contribution in [-0.4, -0.2) is 15.1 Å². The van der Waals surface area contributed by atoms with Crippen molar-refractivity contribution in [1.82, 2.24) is 9.97 Å². The maximum absolute atomic E-state index is 12.7. The number of H-pyrrole nitrogens is 1. The lowest BCUT2D eigenvalue weighted by molar-refractivity contribution is 0.272. The first-order valence-electron chi connectivity index (χ1n) is 4.64. The Morgan fingerprint density at radius 2 is 2.13 bits per heavy atom. The molecule has 0 radical (unpaired) electrons. The van der Waals surface area contributed by atoms with E-state index in [1.54, 1.807) is 18.3 Å². The summed E-state index contributed by atoms with van der Waals surface area (Å²) in [4.78, 5) is 6.88. The first-order valence-corrected chi connectivity index (χ1v) is 4.64. The normalized spacial score (nSPS) is 10.5. The fraction of sp³-hybridized carbons (Fsp3) is 0.182. The summed E-state index contributed by atoms with van der Waals surface area (Å²) in [6.07, 6.45) is 1.60. The molecule has 0 amide bonds. The lowest BCUT2D eigenvalue weighted by atomic mass is 10.1. The number of benzene rings is 1. The number of aliphatic hydroxyl groups excluding tert-OH is 1. The monoisotopic (exact) mass is 206 g/mol. The number of halogens is 1. The summed E-state index contributed by atoms with van der Waals surface area (Å²) >= 11 is 0. The van der Waals surface area contributed by atoms with Gasteiger partial charge < -0.3 is 10.1 Å². The number of rotatable bonds is 3. The van der Waals surface area contributed by atoms with Crippen molar-refractivity contribution in [3.8, 4) is 11.3 Å². The molecule has 1 aromatic heterocycles. The molecule has 1 heterocycles. The Labute approximate surface area is 86.6 Å². The molecular formula is C11H11FN2O. The molecule has 0 saturated carbocycles. The highest BCUT2D eigenvalue weighted by atomic mass is 19.1. The van der Waals surface area contributed by atoms with Gasteiger partial charge in [-0.2, -0.15) is 0 Å². The Bertz CT molecular complexity index is 453. The zero-order valence-corrected chi connectivity index (χ0v) is 8.07. The summed E-state index contributed by atoms with van der Waals surface area (Å²) < 4.78 is 12.7. The van der Waals surface area contributed by atoms with E-state index in [1.807, 2.05) is 12.1 Å². The Hall–Kier alpha value is -1.68. The molecule has 0 aliphatic heterocycles. The zero-order chi connectivity index (χ0) is 10.7. The minimum atomic E-state index is -0.510. The van der Waals surface area contributed by atoms with Gasteiger partial charge in [-0.05, 0) is 5.56 Å². The number of hydrogen-bond acceptors (Lipinski definition) is 2. The Kier molecular flexibility index (Phi) is 2.78. The molecular weight excluding hydrogens is 195 g/mol. The molecule has 0 aliphatic carbocycles. The van der Waals surface area contributed by atoms with E-state index in [0.29, 0.717) is 11.4 Å². The molecule has 0 saturated heterocycles. The number of imidazole rings is 1. The predicted molar refractivity (Wildman–Crippen MR) is 54.8 cm³/mol. The van der Waals surface area contributed by atoms with Crippen molar-refractivity contribution in [3.05, 3.63) is 41.9 Å². The number of aromatic nitrogens is 2. The van der Waals surface area contributed by atoms with Crippen LogP contribution in [0.1, 0.15) is 11.4 Å². The third-order valence-corrected chi connectivity index (χ3v) is 2.23. The van der Waals surface area contributed by atoms with Crippen LogP contribution in [0.15, 0.2) is 30.5 Å². The van der Waals surface area contributed by atoms with E-state index in [9.17, 15) is 4.39 Å². The summed E-state index contributed by atoms with van der Waals surface area (Å²) in [7, 11) is 0. The molecule has 78 valence electrons. The zero-order valence-electron chi connectivity index (χ0n) is 8.07. The van der Waals surface area contributed by atoms with Crippen LogP contribution in [0.5, 0.6) is 0 Å². The second-order valence-electron chi connectivity index (χ2n) is 3.19. The van der Waals surface area contributed by atoms with E-state index in [1.165, 1.54) is 0 Å². The number of nitrogens with one attached hydrogen (secondary N) is 1. The highest BCUT2D eigenvalue weighted by molar-refractivity contribution is 5.62. The van der Waals surface area contributed by atoms with Crippen LogP contribution in [0.2, 0.25) is 0 Å². The molecule has 0 atom stereocenters. The Balaban J connectivity index is 2.44. The smallest absolute Gasteiger partial charge is 0.132 e. The largest absolute Gasteiger partial charge is 0.388 e. The van der Waals surface area contributed by atoms with Crippen LogP contribution < -0.4 is 0 Å². The summed E-state index contributed by atoms with van der Waals surface area (Å²) in [6.45, 7) is -0.651. The molecule has 0 aliphatic rings. The van der Waals surface area contributed by atoms with Gasteiger partial charge >= 0.3 is 0 Å². The van der Waals surface area contributed by atoms with Gasteiger partial charge in [0.15, 0.2) is 0 Å². The molecule has 0 fully saturated rings. The maximum atomic E-state index is 12.7. The van der Waals surface area contributed by atoms with E-state index in [2.05, 4.69) is 9.97 Å². The standard InChI is InChI=1S/C11H11FN2O/c12-5-8-3-1-2-4-9(8)10-6-13-11(7-15)14-10/h1-4,6,15H,5,7H2,(H,13,14). The van der Waals surface area contributed by atoms with Gasteiger partial charge in [0.2, 0.25) is 0 Å². The minimum absolute atomic E-state index is 0.141. The first-order chi connectivity index (χ1) is 7.35. The van der Waals surface area contributed by atoms with Gasteiger partial charge in [-0.15, -0.1) is 0 Å². The quantitative estimate of drug-likeness (QED) is 0.807. The van der Waals surface area contributed by atoms with Gasteiger partial charge in [0.25, 0.3) is 0 Å². The summed E-state index contributed by atoms with van der Waals surface area (Å²) in [5.41, 5.74) is 2.13. The van der Waals surface area contributed by atoms with Crippen molar-refractivity contribution in [2.45, 2.75) is 13.3 Å². The Morgan fingerprint density at radius 3 is 2.80 bits per heavy atom. The molecule has 0 bridgehead atoms. The van der Waals surface area contributed by atoms with Gasteiger partial charge in [0.1, 0.15) is 19.1 Å². The fourth-order valence-corrected chi connectivity index (χ4v) is 1.48. The number of aromatic amines is 1. The number of hydrogen-bond donors (Lipinski definition) is 2. The third-order valence-electron chi connectivity index (χ3n) is 2.23. The van der Waals surface area contributed by atoms with Crippen molar-refractivity contribution in [2.75, 3.05) is 0 Å². The fourth-order valence-electron chi connectivity index (χ4n) is 1.48. The molecule has 0 spiro atoms. The van der Waals surface area contributed by atoms with Gasteiger partial charge in [-0.25, -0.2) is 9.37 Å². The molecule has 4 heteroatoms. The second-order valence-corrected chi connectivity index (χ2v) is 3.19. The average Bonchev–Trinajstić information content (AvgIpc) is 2.77. The first kappa shape index (κ1) is 9.86. The van der Waals surface area contributed by atoms with E-state index in [-0.39, 0.29) is 6.61 Å². The molecule has 0 unspecified atom stereocenters. The van der Waals surface area contributed by atoms with Crippen LogP contribution in [0.4, 0.5) is 4.39 Å². The van der Waals surface area contributed by atoms with Crippen molar-refractivity contribution in [3.63, 3.8) is 0 Å². The molecule has 15 heavy (non-hydrogen) atoms. The molecule has 3 nitrogen and oxygen atoms in total.